The number of aromatic nitrogens is 3. The van der Waals surface area contributed by atoms with Crippen LogP contribution in [0.15, 0.2) is 18.2 Å². The van der Waals surface area contributed by atoms with Gasteiger partial charge in [0.05, 0.1) is 17.1 Å². The number of fused-ring (bicyclic) bond motifs is 1. The summed E-state index contributed by atoms with van der Waals surface area (Å²) in [5.74, 6) is -0.953. The quantitative estimate of drug-likeness (QED) is 0.934. The SMILES string of the molecule is CSC1CCCC1n1nnc2c(C(=O)O)cccc21. The van der Waals surface area contributed by atoms with Gasteiger partial charge in [-0.25, -0.2) is 9.48 Å². The van der Waals surface area contributed by atoms with Crippen molar-refractivity contribution in [2.75, 3.05) is 6.26 Å². The van der Waals surface area contributed by atoms with Gasteiger partial charge >= 0.3 is 5.97 Å². The Bertz CT molecular complexity index is 625. The van der Waals surface area contributed by atoms with Crippen molar-refractivity contribution in [2.45, 2.75) is 30.6 Å². The summed E-state index contributed by atoms with van der Waals surface area (Å²) in [5.41, 5.74) is 1.54. The van der Waals surface area contributed by atoms with Gasteiger partial charge in [-0.15, -0.1) is 5.10 Å². The lowest BCUT2D eigenvalue weighted by Gasteiger charge is -2.18. The molecule has 2 aromatic rings. The molecule has 2 unspecified atom stereocenters. The average molecular weight is 277 g/mol. The summed E-state index contributed by atoms with van der Waals surface area (Å²) in [6.07, 6.45) is 5.58. The first-order valence-corrected chi connectivity index (χ1v) is 7.61. The van der Waals surface area contributed by atoms with E-state index in [1.165, 1.54) is 12.8 Å². The maximum Gasteiger partial charge on any atom is 0.338 e. The minimum atomic E-state index is -0.953. The number of carbonyl (C=O) groups is 1. The summed E-state index contributed by atoms with van der Waals surface area (Å²) in [4.78, 5) is 11.2. The standard InChI is InChI=1S/C13H15N3O2S/c1-19-11-7-3-5-9(11)16-10-6-2-4-8(13(17)18)12(10)14-15-16/h2,4,6,9,11H,3,5,7H2,1H3,(H,17,18). The largest absolute Gasteiger partial charge is 0.478 e. The molecule has 1 fully saturated rings. The van der Waals surface area contributed by atoms with Crippen LogP contribution < -0.4 is 0 Å². The Kier molecular flexibility index (Phi) is 3.18. The highest BCUT2D eigenvalue weighted by Gasteiger charge is 2.30. The third-order valence-corrected chi connectivity index (χ3v) is 4.92. The molecule has 1 aromatic carbocycles. The highest BCUT2D eigenvalue weighted by Crippen LogP contribution is 2.38. The molecule has 1 aliphatic carbocycles. The Labute approximate surface area is 115 Å². The van der Waals surface area contributed by atoms with Gasteiger partial charge in [-0.1, -0.05) is 17.7 Å². The second-order valence-electron chi connectivity index (χ2n) is 4.78. The number of thioether (sulfide) groups is 1. The van der Waals surface area contributed by atoms with Gasteiger partial charge in [-0.05, 0) is 31.2 Å². The number of carboxylic acid groups (broad SMARTS) is 1. The van der Waals surface area contributed by atoms with E-state index in [0.29, 0.717) is 16.8 Å². The molecule has 1 N–H and O–H groups in total. The normalized spacial score (nSPS) is 23.0. The zero-order valence-electron chi connectivity index (χ0n) is 10.6. The first kappa shape index (κ1) is 12.5. The van der Waals surface area contributed by atoms with Gasteiger partial charge in [-0.2, -0.15) is 11.8 Å². The highest BCUT2D eigenvalue weighted by molar-refractivity contribution is 7.99. The average Bonchev–Trinajstić information content (AvgIpc) is 3.03. The van der Waals surface area contributed by atoms with E-state index >= 15 is 0 Å². The molecule has 2 atom stereocenters. The Balaban J connectivity index is 2.11. The molecule has 0 spiro atoms. The van der Waals surface area contributed by atoms with Crippen LogP contribution in [0.2, 0.25) is 0 Å². The summed E-state index contributed by atoms with van der Waals surface area (Å²) >= 11 is 1.85. The van der Waals surface area contributed by atoms with E-state index in [2.05, 4.69) is 16.6 Å². The second-order valence-corrected chi connectivity index (χ2v) is 5.86. The van der Waals surface area contributed by atoms with Gasteiger partial charge < -0.3 is 5.11 Å². The van der Waals surface area contributed by atoms with Gasteiger partial charge in [-0.3, -0.25) is 0 Å². The summed E-state index contributed by atoms with van der Waals surface area (Å²) in [5, 5.41) is 18.0. The van der Waals surface area contributed by atoms with Crippen LogP contribution in [0.5, 0.6) is 0 Å². The van der Waals surface area contributed by atoms with Crippen molar-refractivity contribution in [3.8, 4) is 0 Å². The molecule has 3 rings (SSSR count). The molecule has 0 saturated heterocycles. The molecular weight excluding hydrogens is 262 g/mol. The summed E-state index contributed by atoms with van der Waals surface area (Å²) < 4.78 is 1.91. The van der Waals surface area contributed by atoms with Crippen LogP contribution in [0.1, 0.15) is 35.7 Å². The Morgan fingerprint density at radius 3 is 3.05 bits per heavy atom. The molecule has 6 heteroatoms. The number of rotatable bonds is 3. The van der Waals surface area contributed by atoms with E-state index in [-0.39, 0.29) is 5.56 Å². The number of hydrogen-bond donors (Lipinski definition) is 1. The maximum absolute atomic E-state index is 11.2. The molecule has 100 valence electrons. The van der Waals surface area contributed by atoms with E-state index in [0.717, 1.165) is 11.9 Å². The van der Waals surface area contributed by atoms with Crippen molar-refractivity contribution in [3.05, 3.63) is 23.8 Å². The van der Waals surface area contributed by atoms with Crippen molar-refractivity contribution >= 4 is 28.8 Å². The van der Waals surface area contributed by atoms with Crippen molar-refractivity contribution < 1.29 is 9.90 Å². The van der Waals surface area contributed by atoms with E-state index in [4.69, 9.17) is 0 Å². The zero-order chi connectivity index (χ0) is 13.4. The monoisotopic (exact) mass is 277 g/mol. The maximum atomic E-state index is 11.2. The molecule has 19 heavy (non-hydrogen) atoms. The lowest BCUT2D eigenvalue weighted by molar-refractivity contribution is 0.0699. The van der Waals surface area contributed by atoms with Crippen LogP contribution in [0.3, 0.4) is 0 Å². The molecule has 1 saturated carbocycles. The number of nitrogens with zero attached hydrogens (tertiary/aromatic N) is 3. The van der Waals surface area contributed by atoms with E-state index in [1.807, 2.05) is 22.5 Å². The topological polar surface area (TPSA) is 68.0 Å². The smallest absolute Gasteiger partial charge is 0.338 e. The van der Waals surface area contributed by atoms with Crippen LogP contribution >= 0.6 is 11.8 Å². The van der Waals surface area contributed by atoms with Crippen molar-refractivity contribution in [1.29, 1.82) is 0 Å². The van der Waals surface area contributed by atoms with Gasteiger partial charge in [0.25, 0.3) is 0 Å². The number of carboxylic acids is 1. The molecule has 0 bridgehead atoms. The van der Waals surface area contributed by atoms with Gasteiger partial charge in [0.15, 0.2) is 0 Å². The summed E-state index contributed by atoms with van der Waals surface area (Å²) in [6, 6.07) is 5.56. The predicted octanol–water partition coefficient (Wildman–Crippen LogP) is 2.59. The third-order valence-electron chi connectivity index (χ3n) is 3.77. The molecule has 5 nitrogen and oxygen atoms in total. The molecule has 1 heterocycles. The second kappa shape index (κ2) is 4.85. The molecular formula is C13H15N3O2S. The predicted molar refractivity (Wildman–Crippen MR) is 74.7 cm³/mol. The minimum absolute atomic E-state index is 0.224. The van der Waals surface area contributed by atoms with Crippen LogP contribution in [0.4, 0.5) is 0 Å². The molecule has 0 aliphatic heterocycles. The number of benzene rings is 1. The van der Waals surface area contributed by atoms with Crippen LogP contribution in [-0.4, -0.2) is 37.6 Å². The lowest BCUT2D eigenvalue weighted by atomic mass is 10.1. The zero-order valence-corrected chi connectivity index (χ0v) is 11.4. The van der Waals surface area contributed by atoms with E-state index in [9.17, 15) is 9.90 Å². The Hall–Kier alpha value is -1.56. The molecule has 1 aliphatic rings. The number of hydrogen-bond acceptors (Lipinski definition) is 4. The van der Waals surface area contributed by atoms with Crippen LogP contribution in [0.25, 0.3) is 11.0 Å². The fourth-order valence-corrected chi connectivity index (χ4v) is 3.81. The van der Waals surface area contributed by atoms with Gasteiger partial charge in [0.1, 0.15) is 5.52 Å². The number of aromatic carboxylic acids is 1. The fourth-order valence-electron chi connectivity index (χ4n) is 2.84. The summed E-state index contributed by atoms with van der Waals surface area (Å²) in [6.45, 7) is 0. The molecule has 0 amide bonds. The third kappa shape index (κ3) is 2.00. The van der Waals surface area contributed by atoms with Gasteiger partial charge in [0.2, 0.25) is 0 Å². The van der Waals surface area contributed by atoms with Crippen molar-refractivity contribution in [2.24, 2.45) is 0 Å². The van der Waals surface area contributed by atoms with Crippen molar-refractivity contribution in [3.63, 3.8) is 0 Å². The van der Waals surface area contributed by atoms with Crippen LogP contribution in [0, 0.1) is 0 Å². The minimum Gasteiger partial charge on any atom is -0.478 e. The Morgan fingerprint density at radius 1 is 1.47 bits per heavy atom. The molecule has 0 radical (unpaired) electrons. The lowest BCUT2D eigenvalue weighted by Crippen LogP contribution is -2.17. The van der Waals surface area contributed by atoms with E-state index < -0.39 is 5.97 Å². The highest BCUT2D eigenvalue weighted by atomic mass is 32.2. The van der Waals surface area contributed by atoms with Crippen LogP contribution in [-0.2, 0) is 0 Å². The Morgan fingerprint density at radius 2 is 2.32 bits per heavy atom. The van der Waals surface area contributed by atoms with E-state index in [1.54, 1.807) is 12.1 Å². The van der Waals surface area contributed by atoms with Gasteiger partial charge in [0, 0.05) is 5.25 Å². The summed E-state index contributed by atoms with van der Waals surface area (Å²) in [7, 11) is 0. The first-order chi connectivity index (χ1) is 9.22. The molecule has 1 aromatic heterocycles. The van der Waals surface area contributed by atoms with Crippen molar-refractivity contribution in [1.82, 2.24) is 15.0 Å². The first-order valence-electron chi connectivity index (χ1n) is 6.32. The fraction of sp³-hybridized carbons (Fsp3) is 0.462.